The van der Waals surface area contributed by atoms with E-state index in [4.69, 9.17) is 4.74 Å². The third-order valence-electron chi connectivity index (χ3n) is 3.35. The molecule has 0 fully saturated rings. The molecule has 3 rings (SSSR count). The predicted octanol–water partition coefficient (Wildman–Crippen LogP) is 4.28. The Balaban J connectivity index is 1.97. The Morgan fingerprint density at radius 1 is 1.05 bits per heavy atom. The lowest BCUT2D eigenvalue weighted by molar-refractivity contribution is 0.0650. The maximum Gasteiger partial charge on any atom is 0.128 e. The van der Waals surface area contributed by atoms with Crippen molar-refractivity contribution in [1.82, 2.24) is 0 Å². The van der Waals surface area contributed by atoms with Crippen LogP contribution in [0.2, 0.25) is 0 Å². The van der Waals surface area contributed by atoms with E-state index in [1.165, 1.54) is 30.3 Å². The van der Waals surface area contributed by atoms with Crippen LogP contribution in [0.5, 0.6) is 5.75 Å². The third kappa shape index (κ3) is 2.43. The summed E-state index contributed by atoms with van der Waals surface area (Å²) in [7, 11) is 0. The van der Waals surface area contributed by atoms with Crippen LogP contribution in [0.15, 0.2) is 40.9 Å². The molecule has 5 heteroatoms. The molecular formula is C15H11BrF2O2. The van der Waals surface area contributed by atoms with Crippen molar-refractivity contribution in [2.45, 2.75) is 18.6 Å². The van der Waals surface area contributed by atoms with Gasteiger partial charge < -0.3 is 9.84 Å². The second-order valence-electron chi connectivity index (χ2n) is 4.71. The lowest BCUT2D eigenvalue weighted by atomic mass is 9.95. The second kappa shape index (κ2) is 5.14. The van der Waals surface area contributed by atoms with Gasteiger partial charge in [0.25, 0.3) is 0 Å². The summed E-state index contributed by atoms with van der Waals surface area (Å²) in [4.78, 5) is 0. The fourth-order valence-electron chi connectivity index (χ4n) is 2.37. The molecule has 0 saturated carbocycles. The van der Waals surface area contributed by atoms with E-state index in [9.17, 15) is 13.9 Å². The Labute approximate surface area is 123 Å². The van der Waals surface area contributed by atoms with Crippen molar-refractivity contribution >= 4 is 15.9 Å². The normalized spacial score (nSPS) is 21.2. The summed E-state index contributed by atoms with van der Waals surface area (Å²) in [6.07, 6.45) is -0.921. The van der Waals surface area contributed by atoms with Gasteiger partial charge in [0.05, 0.1) is 6.10 Å². The maximum atomic E-state index is 13.2. The SMILES string of the molecule is O[C@@H]1CC(c2ccc(F)cc2Br)Oc2ccc(F)cc21. The molecule has 0 saturated heterocycles. The molecule has 1 aliphatic heterocycles. The van der Waals surface area contributed by atoms with Gasteiger partial charge in [-0.3, -0.25) is 0 Å². The smallest absolute Gasteiger partial charge is 0.128 e. The number of aliphatic hydroxyl groups excluding tert-OH is 1. The topological polar surface area (TPSA) is 29.5 Å². The van der Waals surface area contributed by atoms with Crippen molar-refractivity contribution in [2.24, 2.45) is 0 Å². The molecule has 0 bridgehead atoms. The van der Waals surface area contributed by atoms with Gasteiger partial charge in [0.1, 0.15) is 23.5 Å². The summed E-state index contributed by atoms with van der Waals surface area (Å²) in [5, 5.41) is 10.1. The van der Waals surface area contributed by atoms with E-state index in [0.717, 1.165) is 5.56 Å². The summed E-state index contributed by atoms with van der Waals surface area (Å²) in [6.45, 7) is 0. The third-order valence-corrected chi connectivity index (χ3v) is 4.03. The molecule has 2 aromatic carbocycles. The summed E-state index contributed by atoms with van der Waals surface area (Å²) < 4.78 is 32.7. The molecule has 1 unspecified atom stereocenters. The highest BCUT2D eigenvalue weighted by atomic mass is 79.9. The van der Waals surface area contributed by atoms with Crippen LogP contribution in [0.3, 0.4) is 0 Å². The first kappa shape index (κ1) is 13.5. The number of hydrogen-bond donors (Lipinski definition) is 1. The average molecular weight is 341 g/mol. The first-order chi connectivity index (χ1) is 9.54. The van der Waals surface area contributed by atoms with Crippen molar-refractivity contribution < 1.29 is 18.6 Å². The minimum atomic E-state index is -0.809. The Kier molecular flexibility index (Phi) is 3.48. The van der Waals surface area contributed by atoms with E-state index in [1.807, 2.05) is 0 Å². The van der Waals surface area contributed by atoms with E-state index in [2.05, 4.69) is 15.9 Å². The largest absolute Gasteiger partial charge is 0.485 e. The molecule has 1 aliphatic rings. The minimum Gasteiger partial charge on any atom is -0.485 e. The highest BCUT2D eigenvalue weighted by molar-refractivity contribution is 9.10. The number of rotatable bonds is 1. The van der Waals surface area contributed by atoms with Crippen LogP contribution in [-0.2, 0) is 0 Å². The molecule has 0 aromatic heterocycles. The quantitative estimate of drug-likeness (QED) is 0.839. The summed E-state index contributed by atoms with van der Waals surface area (Å²) >= 11 is 3.29. The zero-order chi connectivity index (χ0) is 14.3. The predicted molar refractivity (Wildman–Crippen MR) is 73.4 cm³/mol. The lowest BCUT2D eigenvalue weighted by Gasteiger charge is -2.30. The zero-order valence-corrected chi connectivity index (χ0v) is 11.9. The summed E-state index contributed by atoms with van der Waals surface area (Å²) in [5.41, 5.74) is 1.19. The van der Waals surface area contributed by atoms with Gasteiger partial charge >= 0.3 is 0 Å². The minimum absolute atomic E-state index is 0.292. The molecular weight excluding hydrogens is 330 g/mol. The number of benzene rings is 2. The first-order valence-corrected chi connectivity index (χ1v) is 6.93. The Hall–Kier alpha value is -1.46. The molecule has 0 aliphatic carbocycles. The summed E-state index contributed by atoms with van der Waals surface area (Å²) in [5.74, 6) is -0.307. The van der Waals surface area contributed by atoms with Crippen LogP contribution in [-0.4, -0.2) is 5.11 Å². The number of aliphatic hydroxyl groups is 1. The van der Waals surface area contributed by atoms with Crippen molar-refractivity contribution in [1.29, 1.82) is 0 Å². The van der Waals surface area contributed by atoms with Crippen LogP contribution < -0.4 is 4.74 Å². The molecule has 2 atom stereocenters. The van der Waals surface area contributed by atoms with Gasteiger partial charge in [0.15, 0.2) is 0 Å². The first-order valence-electron chi connectivity index (χ1n) is 6.13. The molecule has 0 radical (unpaired) electrons. The summed E-state index contributed by atoms with van der Waals surface area (Å²) in [6, 6.07) is 8.37. The van der Waals surface area contributed by atoms with Gasteiger partial charge in [0, 0.05) is 22.0 Å². The molecule has 1 heterocycles. The zero-order valence-electron chi connectivity index (χ0n) is 10.3. The Morgan fingerprint density at radius 2 is 1.75 bits per heavy atom. The van der Waals surface area contributed by atoms with Gasteiger partial charge in [-0.05, 0) is 30.3 Å². The maximum absolute atomic E-state index is 13.2. The molecule has 1 N–H and O–H groups in total. The van der Waals surface area contributed by atoms with Crippen LogP contribution in [0, 0.1) is 11.6 Å². The fraction of sp³-hybridized carbons (Fsp3) is 0.200. The number of fused-ring (bicyclic) bond motifs is 1. The molecule has 104 valence electrons. The molecule has 2 aromatic rings. The van der Waals surface area contributed by atoms with Gasteiger partial charge in [-0.1, -0.05) is 22.0 Å². The standard InChI is InChI=1S/C15H11BrF2O2/c16-12-6-9(18)1-3-10(12)15-7-13(19)11-5-8(17)2-4-14(11)20-15/h1-6,13,15,19H,7H2/t13-,15?/m1/s1. The van der Waals surface area contributed by atoms with Gasteiger partial charge in [-0.2, -0.15) is 0 Å². The van der Waals surface area contributed by atoms with Crippen LogP contribution in [0.25, 0.3) is 0 Å². The van der Waals surface area contributed by atoms with Crippen molar-refractivity contribution in [2.75, 3.05) is 0 Å². The van der Waals surface area contributed by atoms with Crippen LogP contribution in [0.4, 0.5) is 8.78 Å². The van der Waals surface area contributed by atoms with E-state index in [1.54, 1.807) is 6.07 Å². The van der Waals surface area contributed by atoms with E-state index < -0.39 is 18.0 Å². The van der Waals surface area contributed by atoms with Crippen molar-refractivity contribution in [3.8, 4) is 5.75 Å². The number of hydrogen-bond acceptors (Lipinski definition) is 2. The molecule has 0 spiro atoms. The Bertz CT molecular complexity index is 660. The highest BCUT2D eigenvalue weighted by Gasteiger charge is 2.29. The Morgan fingerprint density at radius 3 is 2.50 bits per heavy atom. The lowest BCUT2D eigenvalue weighted by Crippen LogP contribution is -2.19. The fourth-order valence-corrected chi connectivity index (χ4v) is 2.98. The van der Waals surface area contributed by atoms with Crippen molar-refractivity contribution in [3.63, 3.8) is 0 Å². The van der Waals surface area contributed by atoms with Crippen LogP contribution >= 0.6 is 15.9 Å². The number of halogens is 3. The van der Waals surface area contributed by atoms with Gasteiger partial charge in [-0.15, -0.1) is 0 Å². The highest BCUT2D eigenvalue weighted by Crippen LogP contribution is 2.42. The number of ether oxygens (including phenoxy) is 1. The molecule has 2 nitrogen and oxygen atoms in total. The van der Waals surface area contributed by atoms with E-state index in [-0.39, 0.29) is 5.82 Å². The second-order valence-corrected chi connectivity index (χ2v) is 5.56. The van der Waals surface area contributed by atoms with Gasteiger partial charge in [0.2, 0.25) is 0 Å². The van der Waals surface area contributed by atoms with Crippen LogP contribution in [0.1, 0.15) is 29.8 Å². The van der Waals surface area contributed by atoms with Crippen molar-refractivity contribution in [3.05, 3.63) is 63.6 Å². The average Bonchev–Trinajstić information content (AvgIpc) is 2.39. The molecule has 20 heavy (non-hydrogen) atoms. The van der Waals surface area contributed by atoms with E-state index >= 15 is 0 Å². The monoisotopic (exact) mass is 340 g/mol. The van der Waals surface area contributed by atoms with Gasteiger partial charge in [-0.25, -0.2) is 8.78 Å². The van der Waals surface area contributed by atoms with E-state index in [0.29, 0.717) is 22.2 Å². The molecule has 0 amide bonds.